The Morgan fingerprint density at radius 1 is 0.969 bits per heavy atom. The molecule has 3 aromatic carbocycles. The smallest absolute Gasteiger partial charge is 0.251 e. The van der Waals surface area contributed by atoms with Crippen LogP contribution in [0.15, 0.2) is 72.8 Å². The molecule has 32 heavy (non-hydrogen) atoms. The third-order valence-corrected chi connectivity index (χ3v) is 5.49. The van der Waals surface area contributed by atoms with Crippen molar-refractivity contribution in [2.75, 3.05) is 19.8 Å². The molecule has 4 aromatic rings. The molecular weight excluding hydrogens is 398 g/mol. The first-order valence-corrected chi connectivity index (χ1v) is 11.3. The van der Waals surface area contributed by atoms with Crippen molar-refractivity contribution >= 4 is 16.7 Å². The highest BCUT2D eigenvalue weighted by molar-refractivity contribution is 5.96. The lowest BCUT2D eigenvalue weighted by Crippen LogP contribution is -2.25. The molecule has 5 nitrogen and oxygen atoms in total. The molecule has 0 aliphatic carbocycles. The van der Waals surface area contributed by atoms with E-state index in [1.807, 2.05) is 36.4 Å². The summed E-state index contributed by atoms with van der Waals surface area (Å²) in [7, 11) is 0. The van der Waals surface area contributed by atoms with E-state index in [0.29, 0.717) is 18.7 Å². The lowest BCUT2D eigenvalue weighted by atomic mass is 10.0. The minimum absolute atomic E-state index is 0.0661. The van der Waals surface area contributed by atoms with Gasteiger partial charge in [0.25, 0.3) is 5.91 Å². The van der Waals surface area contributed by atoms with Crippen molar-refractivity contribution in [2.24, 2.45) is 0 Å². The van der Waals surface area contributed by atoms with Gasteiger partial charge in [0.1, 0.15) is 0 Å². The summed E-state index contributed by atoms with van der Waals surface area (Å²) in [6.07, 6.45) is 3.03. The minimum Gasteiger partial charge on any atom is -0.381 e. The van der Waals surface area contributed by atoms with E-state index in [4.69, 9.17) is 4.74 Å². The maximum atomic E-state index is 12.4. The van der Waals surface area contributed by atoms with Crippen LogP contribution in [0.5, 0.6) is 0 Å². The molecule has 4 rings (SSSR count). The van der Waals surface area contributed by atoms with Crippen molar-refractivity contribution in [1.29, 1.82) is 0 Å². The Labute approximate surface area is 188 Å². The molecule has 0 bridgehead atoms. The van der Waals surface area contributed by atoms with Crippen LogP contribution in [-0.4, -0.2) is 35.9 Å². The third-order valence-electron chi connectivity index (χ3n) is 5.49. The minimum atomic E-state index is -0.0661. The van der Waals surface area contributed by atoms with Crippen LogP contribution < -0.4 is 5.32 Å². The summed E-state index contributed by atoms with van der Waals surface area (Å²) < 4.78 is 5.52. The second-order valence-corrected chi connectivity index (χ2v) is 7.85. The van der Waals surface area contributed by atoms with Crippen LogP contribution in [-0.2, 0) is 4.74 Å². The maximum absolute atomic E-state index is 12.4. The molecule has 1 heterocycles. The zero-order valence-electron chi connectivity index (χ0n) is 18.4. The number of hydrogen-bond acceptors (Lipinski definition) is 3. The highest BCUT2D eigenvalue weighted by Crippen LogP contribution is 2.29. The number of nitrogens with zero attached hydrogens (tertiary/aromatic N) is 1. The summed E-state index contributed by atoms with van der Waals surface area (Å²) in [5, 5.41) is 13.0. The van der Waals surface area contributed by atoms with Crippen molar-refractivity contribution in [3.63, 3.8) is 0 Å². The topological polar surface area (TPSA) is 67.0 Å². The molecule has 2 N–H and O–H groups in total. The summed E-state index contributed by atoms with van der Waals surface area (Å²) in [5.74, 6) is -0.0661. The number of hydrogen-bond donors (Lipinski definition) is 2. The molecule has 0 aliphatic rings. The first-order chi connectivity index (χ1) is 15.8. The molecule has 5 heteroatoms. The van der Waals surface area contributed by atoms with Crippen molar-refractivity contribution in [1.82, 2.24) is 15.5 Å². The molecule has 0 atom stereocenters. The van der Waals surface area contributed by atoms with E-state index in [9.17, 15) is 4.79 Å². The van der Waals surface area contributed by atoms with Crippen LogP contribution >= 0.6 is 0 Å². The highest BCUT2D eigenvalue weighted by Gasteiger charge is 2.10. The zero-order chi connectivity index (χ0) is 22.2. The lowest BCUT2D eigenvalue weighted by molar-refractivity contribution is 0.0940. The third kappa shape index (κ3) is 5.24. The molecule has 0 fully saturated rings. The van der Waals surface area contributed by atoms with Gasteiger partial charge in [0, 0.05) is 36.4 Å². The van der Waals surface area contributed by atoms with Crippen LogP contribution in [0.4, 0.5) is 0 Å². The lowest BCUT2D eigenvalue weighted by Gasteiger charge is -2.06. The number of unbranched alkanes of at least 4 members (excludes halogenated alkanes) is 1. The Bertz CT molecular complexity index is 1160. The van der Waals surface area contributed by atoms with Gasteiger partial charge in [0.05, 0.1) is 11.4 Å². The number of nitrogens with one attached hydrogen (secondary N) is 2. The van der Waals surface area contributed by atoms with Crippen LogP contribution in [0, 0.1) is 0 Å². The van der Waals surface area contributed by atoms with E-state index in [1.165, 1.54) is 10.8 Å². The van der Waals surface area contributed by atoms with Gasteiger partial charge >= 0.3 is 0 Å². The van der Waals surface area contributed by atoms with Crippen molar-refractivity contribution in [3.05, 3.63) is 78.4 Å². The van der Waals surface area contributed by atoms with Gasteiger partial charge in [0.2, 0.25) is 0 Å². The zero-order valence-corrected chi connectivity index (χ0v) is 18.4. The Hall–Kier alpha value is -3.44. The van der Waals surface area contributed by atoms with Crippen LogP contribution in [0.3, 0.4) is 0 Å². The van der Waals surface area contributed by atoms with Gasteiger partial charge in [-0.15, -0.1) is 0 Å². The Kier molecular flexibility index (Phi) is 7.31. The van der Waals surface area contributed by atoms with Gasteiger partial charge in [-0.2, -0.15) is 5.10 Å². The normalized spacial score (nSPS) is 11.0. The first kappa shape index (κ1) is 21.8. The summed E-state index contributed by atoms with van der Waals surface area (Å²) in [6, 6.07) is 24.2. The van der Waals surface area contributed by atoms with E-state index in [0.717, 1.165) is 48.4 Å². The number of ether oxygens (including phenoxy) is 1. The van der Waals surface area contributed by atoms with Crippen LogP contribution in [0.2, 0.25) is 0 Å². The number of carbonyl (C=O) groups is 1. The number of amides is 1. The second-order valence-electron chi connectivity index (χ2n) is 7.85. The summed E-state index contributed by atoms with van der Waals surface area (Å²) >= 11 is 0. The number of aromatic nitrogens is 2. The molecule has 0 unspecified atom stereocenters. The molecule has 0 radical (unpaired) electrons. The predicted octanol–water partition coefficient (Wildman–Crippen LogP) is 5.83. The summed E-state index contributed by atoms with van der Waals surface area (Å²) in [6.45, 7) is 4.23. The Balaban J connectivity index is 1.37. The molecule has 0 spiro atoms. The fourth-order valence-electron chi connectivity index (χ4n) is 3.69. The average Bonchev–Trinajstić information content (AvgIpc) is 3.33. The SMILES string of the molecule is CCCCOCCCNC(=O)c1ccc(-c2cc(-c3cccc4ccccc34)[nH]n2)cc1. The van der Waals surface area contributed by atoms with E-state index >= 15 is 0 Å². The van der Waals surface area contributed by atoms with Gasteiger partial charge in [-0.1, -0.05) is 67.9 Å². The van der Waals surface area contributed by atoms with Crippen LogP contribution in [0.1, 0.15) is 36.5 Å². The Morgan fingerprint density at radius 2 is 1.75 bits per heavy atom. The number of carbonyl (C=O) groups excluding carboxylic acids is 1. The van der Waals surface area contributed by atoms with E-state index in [2.05, 4.69) is 58.8 Å². The van der Waals surface area contributed by atoms with Gasteiger partial charge in [0.15, 0.2) is 0 Å². The monoisotopic (exact) mass is 427 g/mol. The van der Waals surface area contributed by atoms with Gasteiger partial charge < -0.3 is 10.1 Å². The number of fused-ring (bicyclic) bond motifs is 1. The molecule has 164 valence electrons. The predicted molar refractivity (Wildman–Crippen MR) is 130 cm³/mol. The second kappa shape index (κ2) is 10.7. The molecule has 0 saturated heterocycles. The first-order valence-electron chi connectivity index (χ1n) is 11.3. The van der Waals surface area contributed by atoms with Crippen molar-refractivity contribution < 1.29 is 9.53 Å². The van der Waals surface area contributed by atoms with E-state index in [-0.39, 0.29) is 5.91 Å². The number of H-pyrrole nitrogens is 1. The molecular formula is C27H29N3O2. The highest BCUT2D eigenvalue weighted by atomic mass is 16.5. The summed E-state index contributed by atoms with van der Waals surface area (Å²) in [4.78, 5) is 12.4. The van der Waals surface area contributed by atoms with E-state index < -0.39 is 0 Å². The van der Waals surface area contributed by atoms with Crippen molar-refractivity contribution in [3.8, 4) is 22.5 Å². The number of rotatable bonds is 10. The molecule has 1 amide bonds. The number of benzene rings is 3. The fraction of sp³-hybridized carbons (Fsp3) is 0.259. The average molecular weight is 428 g/mol. The van der Waals surface area contributed by atoms with Gasteiger partial charge in [-0.25, -0.2) is 0 Å². The van der Waals surface area contributed by atoms with E-state index in [1.54, 1.807) is 0 Å². The van der Waals surface area contributed by atoms with Crippen LogP contribution in [0.25, 0.3) is 33.3 Å². The maximum Gasteiger partial charge on any atom is 0.251 e. The standard InChI is InChI=1S/C27H29N3O2/c1-2-3-17-32-18-7-16-28-27(31)22-14-12-21(13-15-22)25-19-26(30-29-25)24-11-6-9-20-8-4-5-10-23(20)24/h4-6,8-15,19H,2-3,7,16-18H2,1H3,(H,28,31)(H,29,30). The fourth-order valence-corrected chi connectivity index (χ4v) is 3.69. The quantitative estimate of drug-likeness (QED) is 0.313. The van der Waals surface area contributed by atoms with Gasteiger partial charge in [-0.3, -0.25) is 9.89 Å². The molecule has 0 aliphatic heterocycles. The molecule has 1 aromatic heterocycles. The Morgan fingerprint density at radius 3 is 2.59 bits per heavy atom. The van der Waals surface area contributed by atoms with Crippen molar-refractivity contribution in [2.45, 2.75) is 26.2 Å². The van der Waals surface area contributed by atoms with Gasteiger partial charge in [-0.05, 0) is 41.8 Å². The molecule has 0 saturated carbocycles. The number of aromatic amines is 1. The summed E-state index contributed by atoms with van der Waals surface area (Å²) in [5.41, 5.74) is 4.56. The largest absolute Gasteiger partial charge is 0.381 e.